The van der Waals surface area contributed by atoms with E-state index >= 15 is 0 Å². The minimum atomic E-state index is -0.970. The van der Waals surface area contributed by atoms with Gasteiger partial charge in [-0.25, -0.2) is 0 Å². The van der Waals surface area contributed by atoms with E-state index in [0.717, 1.165) is 12.8 Å². The summed E-state index contributed by atoms with van der Waals surface area (Å²) in [6, 6.07) is 0. The molecule has 1 rings (SSSR count). The predicted molar refractivity (Wildman–Crippen MR) is 74.4 cm³/mol. The lowest BCUT2D eigenvalue weighted by Gasteiger charge is -2.30. The normalized spacial score (nSPS) is 23.4. The number of carbonyl (C=O) groups is 2. The number of esters is 1. The molecule has 0 saturated heterocycles. The Balaban J connectivity index is 2.62. The maximum atomic E-state index is 12.0. The van der Waals surface area contributed by atoms with Gasteiger partial charge in [0.15, 0.2) is 0 Å². The average molecular weight is 353 g/mol. The van der Waals surface area contributed by atoms with Gasteiger partial charge in [-0.2, -0.15) is 0 Å². The van der Waals surface area contributed by atoms with E-state index in [9.17, 15) is 19.8 Å². The molecule has 0 amide bonds. The van der Waals surface area contributed by atoms with Crippen molar-refractivity contribution in [3.8, 4) is 0 Å². The van der Waals surface area contributed by atoms with Crippen LogP contribution in [0.1, 0.15) is 25.7 Å². The molecular weight excluding hydrogens is 332 g/mol. The van der Waals surface area contributed by atoms with Crippen molar-refractivity contribution in [2.24, 2.45) is 17.3 Å². The molecule has 20 heavy (non-hydrogen) atoms. The number of aliphatic hydroxyl groups excluding tert-OH is 2. The molecule has 1 saturated carbocycles. The lowest BCUT2D eigenvalue weighted by atomic mass is 9.79. The number of carbonyl (C=O) groups excluding carboxylic acids is 1. The molecule has 7 heteroatoms. The fourth-order valence-electron chi connectivity index (χ4n) is 2.30. The van der Waals surface area contributed by atoms with Gasteiger partial charge in [0.05, 0.1) is 30.5 Å². The Kier molecular flexibility index (Phi) is 6.91. The zero-order valence-electron chi connectivity index (χ0n) is 11.3. The van der Waals surface area contributed by atoms with Crippen molar-refractivity contribution in [1.82, 2.24) is 0 Å². The van der Waals surface area contributed by atoms with Crippen molar-refractivity contribution in [3.05, 3.63) is 0 Å². The molecule has 2 atom stereocenters. The lowest BCUT2D eigenvalue weighted by Crippen LogP contribution is -2.40. The summed E-state index contributed by atoms with van der Waals surface area (Å²) in [5.74, 6) is -2.85. The van der Waals surface area contributed by atoms with E-state index in [0.29, 0.717) is 12.8 Å². The van der Waals surface area contributed by atoms with Crippen LogP contribution in [0.25, 0.3) is 0 Å². The van der Waals surface area contributed by atoms with E-state index in [1.165, 1.54) is 0 Å². The van der Waals surface area contributed by atoms with Crippen LogP contribution in [0.2, 0.25) is 0 Å². The molecule has 1 fully saturated rings. The number of carboxylic acids is 1. The van der Waals surface area contributed by atoms with Crippen molar-refractivity contribution in [1.29, 1.82) is 0 Å². The molecule has 0 heterocycles. The summed E-state index contributed by atoms with van der Waals surface area (Å²) in [4.78, 5) is 23.2. The Bertz CT molecular complexity index is 333. The predicted octanol–water partition coefficient (Wildman–Crippen LogP) is 0.787. The van der Waals surface area contributed by atoms with E-state index in [1.54, 1.807) is 0 Å². The molecule has 3 N–H and O–H groups in total. The van der Waals surface area contributed by atoms with Crippen LogP contribution >= 0.6 is 15.9 Å². The molecule has 0 radical (unpaired) electrons. The fraction of sp³-hybridized carbons (Fsp3) is 0.846. The first-order valence-corrected chi connectivity index (χ1v) is 7.79. The van der Waals surface area contributed by atoms with Gasteiger partial charge in [-0.05, 0) is 12.8 Å². The maximum Gasteiger partial charge on any atom is 0.309 e. The van der Waals surface area contributed by atoms with Gasteiger partial charge in [-0.15, -0.1) is 0 Å². The average Bonchev–Trinajstić information content (AvgIpc) is 2.49. The SMILES string of the molecule is O=C(O)C1CCCCC1C(=O)OCC(CO)(CO)CBr. The number of aliphatic carboxylic acids is 1. The number of aliphatic hydroxyl groups is 2. The van der Waals surface area contributed by atoms with E-state index in [2.05, 4.69) is 15.9 Å². The Morgan fingerprint density at radius 2 is 1.70 bits per heavy atom. The quantitative estimate of drug-likeness (QED) is 0.462. The smallest absolute Gasteiger partial charge is 0.309 e. The first-order chi connectivity index (χ1) is 9.49. The summed E-state index contributed by atoms with van der Waals surface area (Å²) in [6.45, 7) is -0.781. The van der Waals surface area contributed by atoms with E-state index in [4.69, 9.17) is 9.84 Å². The minimum absolute atomic E-state index is 0.132. The molecule has 0 spiro atoms. The summed E-state index contributed by atoms with van der Waals surface area (Å²) >= 11 is 3.17. The molecule has 0 aliphatic heterocycles. The van der Waals surface area contributed by atoms with Gasteiger partial charge in [0.1, 0.15) is 6.61 Å². The summed E-state index contributed by atoms with van der Waals surface area (Å²) in [7, 11) is 0. The molecule has 1 aliphatic carbocycles. The molecule has 0 aromatic rings. The number of halogens is 1. The van der Waals surface area contributed by atoms with Gasteiger partial charge < -0.3 is 20.1 Å². The van der Waals surface area contributed by atoms with E-state index in [1.807, 2.05) is 0 Å². The van der Waals surface area contributed by atoms with Crippen molar-refractivity contribution in [2.75, 3.05) is 25.2 Å². The third-order valence-electron chi connectivity index (χ3n) is 3.86. The second-order valence-corrected chi connectivity index (χ2v) is 5.95. The highest BCUT2D eigenvalue weighted by molar-refractivity contribution is 9.09. The number of ether oxygens (including phenoxy) is 1. The Morgan fingerprint density at radius 1 is 1.15 bits per heavy atom. The molecule has 1 aliphatic rings. The van der Waals surface area contributed by atoms with Crippen molar-refractivity contribution >= 4 is 27.9 Å². The zero-order valence-corrected chi connectivity index (χ0v) is 12.8. The van der Waals surface area contributed by atoms with Crippen molar-refractivity contribution in [3.63, 3.8) is 0 Å². The molecule has 116 valence electrons. The van der Waals surface area contributed by atoms with Gasteiger partial charge >= 0.3 is 11.9 Å². The molecule has 6 nitrogen and oxygen atoms in total. The third-order valence-corrected chi connectivity index (χ3v) is 5.05. The highest BCUT2D eigenvalue weighted by Crippen LogP contribution is 2.32. The molecular formula is C13H21BrO6. The number of carboxylic acid groups (broad SMARTS) is 1. The standard InChI is InChI=1S/C13H21BrO6/c14-5-13(6-15,7-16)8-20-12(19)10-4-2-1-3-9(10)11(17)18/h9-10,15-16H,1-8H2,(H,17,18). The molecule has 0 bridgehead atoms. The second-order valence-electron chi connectivity index (χ2n) is 5.39. The van der Waals surface area contributed by atoms with Crippen LogP contribution in [-0.4, -0.2) is 52.4 Å². The van der Waals surface area contributed by atoms with Crippen LogP contribution in [0.5, 0.6) is 0 Å². The number of rotatable bonds is 7. The fourth-order valence-corrected chi connectivity index (χ4v) is 2.82. The number of hydrogen-bond acceptors (Lipinski definition) is 5. The molecule has 2 unspecified atom stereocenters. The summed E-state index contributed by atoms with van der Waals surface area (Å²) in [5.41, 5.74) is -0.928. The maximum absolute atomic E-state index is 12.0. The highest BCUT2D eigenvalue weighted by Gasteiger charge is 2.38. The Hall–Kier alpha value is -0.660. The first kappa shape index (κ1) is 17.4. The van der Waals surface area contributed by atoms with Crippen LogP contribution in [0.15, 0.2) is 0 Å². The Morgan fingerprint density at radius 3 is 2.15 bits per heavy atom. The van der Waals surface area contributed by atoms with Crippen LogP contribution in [0, 0.1) is 17.3 Å². The van der Waals surface area contributed by atoms with Gasteiger partial charge in [0, 0.05) is 5.33 Å². The lowest BCUT2D eigenvalue weighted by molar-refractivity contribution is -0.163. The third kappa shape index (κ3) is 4.17. The zero-order chi connectivity index (χ0) is 15.2. The van der Waals surface area contributed by atoms with E-state index in [-0.39, 0.29) is 25.2 Å². The second kappa shape index (κ2) is 7.95. The van der Waals surface area contributed by atoms with Gasteiger partial charge in [-0.3, -0.25) is 9.59 Å². The van der Waals surface area contributed by atoms with Crippen LogP contribution in [-0.2, 0) is 14.3 Å². The summed E-state index contributed by atoms with van der Waals surface area (Å²) in [6.07, 6.45) is 2.61. The van der Waals surface area contributed by atoms with Crippen molar-refractivity contribution < 1.29 is 29.6 Å². The summed E-state index contributed by atoms with van der Waals surface area (Å²) in [5, 5.41) is 27.9. The largest absolute Gasteiger partial charge is 0.481 e. The molecule has 0 aromatic heterocycles. The number of hydrogen-bond donors (Lipinski definition) is 3. The van der Waals surface area contributed by atoms with Gasteiger partial charge in [0.2, 0.25) is 0 Å². The Labute approximate surface area is 126 Å². The first-order valence-electron chi connectivity index (χ1n) is 6.67. The van der Waals surface area contributed by atoms with Crippen LogP contribution < -0.4 is 0 Å². The monoisotopic (exact) mass is 352 g/mol. The number of alkyl halides is 1. The topological polar surface area (TPSA) is 104 Å². The van der Waals surface area contributed by atoms with Crippen molar-refractivity contribution in [2.45, 2.75) is 25.7 Å². The van der Waals surface area contributed by atoms with E-state index < -0.39 is 29.2 Å². The van der Waals surface area contributed by atoms with Gasteiger partial charge in [0.25, 0.3) is 0 Å². The van der Waals surface area contributed by atoms with Crippen LogP contribution in [0.4, 0.5) is 0 Å². The highest BCUT2D eigenvalue weighted by atomic mass is 79.9. The molecule has 0 aromatic carbocycles. The minimum Gasteiger partial charge on any atom is -0.481 e. The van der Waals surface area contributed by atoms with Crippen LogP contribution in [0.3, 0.4) is 0 Å². The van der Waals surface area contributed by atoms with Gasteiger partial charge in [-0.1, -0.05) is 28.8 Å². The summed E-state index contributed by atoms with van der Waals surface area (Å²) < 4.78 is 5.15.